The molecule has 1 saturated heterocycles. The fourth-order valence-corrected chi connectivity index (χ4v) is 3.89. The molecule has 0 unspecified atom stereocenters. The summed E-state index contributed by atoms with van der Waals surface area (Å²) in [6.07, 6.45) is 6.46. The number of aromatic nitrogens is 4. The van der Waals surface area contributed by atoms with Crippen LogP contribution >= 0.6 is 0 Å². The van der Waals surface area contributed by atoms with Crippen LogP contribution in [0.2, 0.25) is 0 Å². The molecule has 29 heavy (non-hydrogen) atoms. The van der Waals surface area contributed by atoms with E-state index in [0.29, 0.717) is 6.54 Å². The van der Waals surface area contributed by atoms with E-state index in [1.807, 2.05) is 77.3 Å². The topological polar surface area (TPSA) is 63.4 Å². The highest BCUT2D eigenvalue weighted by molar-refractivity contribution is 5.94. The second-order valence-electron chi connectivity index (χ2n) is 7.54. The Balaban J connectivity index is 1.37. The van der Waals surface area contributed by atoms with Crippen LogP contribution in [0.15, 0.2) is 67.1 Å². The van der Waals surface area contributed by atoms with Gasteiger partial charge >= 0.3 is 0 Å². The molecular formula is C23H21N5O. The van der Waals surface area contributed by atoms with Gasteiger partial charge in [0.1, 0.15) is 0 Å². The van der Waals surface area contributed by atoms with Crippen LogP contribution in [0.25, 0.3) is 16.8 Å². The molecule has 144 valence electrons. The molecule has 1 atom stereocenters. The van der Waals surface area contributed by atoms with Gasteiger partial charge in [-0.2, -0.15) is 5.10 Å². The van der Waals surface area contributed by atoms with E-state index in [2.05, 4.69) is 4.98 Å². The first-order valence-electron chi connectivity index (χ1n) is 9.80. The van der Waals surface area contributed by atoms with Crippen LogP contribution < -0.4 is 0 Å². The summed E-state index contributed by atoms with van der Waals surface area (Å²) in [5.41, 5.74) is 4.75. The van der Waals surface area contributed by atoms with Crippen molar-refractivity contribution in [1.82, 2.24) is 24.5 Å². The van der Waals surface area contributed by atoms with Crippen LogP contribution in [0.4, 0.5) is 0 Å². The van der Waals surface area contributed by atoms with E-state index in [9.17, 15) is 4.79 Å². The molecule has 5 rings (SSSR count). The lowest BCUT2D eigenvalue weighted by Crippen LogP contribution is -2.28. The van der Waals surface area contributed by atoms with Crippen LogP contribution in [-0.4, -0.2) is 43.5 Å². The number of likely N-dealkylation sites (tertiary alicyclic amines) is 1. The lowest BCUT2D eigenvalue weighted by Gasteiger charge is -2.16. The van der Waals surface area contributed by atoms with Gasteiger partial charge in [0.2, 0.25) is 0 Å². The Hall–Kier alpha value is -3.54. The summed E-state index contributed by atoms with van der Waals surface area (Å²) in [4.78, 5) is 23.6. The van der Waals surface area contributed by atoms with Gasteiger partial charge in [0, 0.05) is 54.3 Å². The van der Waals surface area contributed by atoms with E-state index in [1.165, 1.54) is 0 Å². The predicted octanol–water partition coefficient (Wildman–Crippen LogP) is 3.73. The van der Waals surface area contributed by atoms with Crippen molar-refractivity contribution in [2.45, 2.75) is 19.3 Å². The maximum atomic E-state index is 12.8. The van der Waals surface area contributed by atoms with Crippen LogP contribution in [0.5, 0.6) is 0 Å². The molecule has 0 bridgehead atoms. The molecule has 0 aliphatic carbocycles. The number of pyridine rings is 2. The monoisotopic (exact) mass is 383 g/mol. The summed E-state index contributed by atoms with van der Waals surface area (Å²) in [6.45, 7) is 3.39. The molecule has 0 radical (unpaired) electrons. The standard InChI is InChI=1S/C23H21N5O/c1-16-4-2-5-17(12-16)23(29)27-11-9-20(14-27)22-25-21-8-7-19(15-28(21)26-22)18-6-3-10-24-13-18/h2-8,10,12-13,15,20H,9,11,14H2,1H3/t20-/m0/s1. The number of rotatable bonds is 3. The lowest BCUT2D eigenvalue weighted by atomic mass is 10.1. The molecule has 0 spiro atoms. The van der Waals surface area contributed by atoms with Crippen molar-refractivity contribution in [2.75, 3.05) is 13.1 Å². The smallest absolute Gasteiger partial charge is 0.253 e. The molecule has 1 amide bonds. The number of nitrogens with zero attached hydrogens (tertiary/aromatic N) is 5. The van der Waals surface area contributed by atoms with E-state index in [0.717, 1.165) is 46.7 Å². The third-order valence-corrected chi connectivity index (χ3v) is 5.45. The third kappa shape index (κ3) is 3.38. The van der Waals surface area contributed by atoms with E-state index in [1.54, 1.807) is 6.20 Å². The Morgan fingerprint density at radius 2 is 2.03 bits per heavy atom. The minimum absolute atomic E-state index is 0.0822. The minimum atomic E-state index is 0.0822. The number of amides is 1. The molecule has 1 fully saturated rings. The fraction of sp³-hybridized carbons (Fsp3) is 0.217. The minimum Gasteiger partial charge on any atom is -0.338 e. The Bertz CT molecular complexity index is 1180. The van der Waals surface area contributed by atoms with Crippen molar-refractivity contribution in [3.05, 3.63) is 84.1 Å². The van der Waals surface area contributed by atoms with Gasteiger partial charge < -0.3 is 4.90 Å². The van der Waals surface area contributed by atoms with E-state index < -0.39 is 0 Å². The number of hydrogen-bond donors (Lipinski definition) is 0. The van der Waals surface area contributed by atoms with Gasteiger partial charge in [-0.3, -0.25) is 9.78 Å². The van der Waals surface area contributed by atoms with E-state index >= 15 is 0 Å². The van der Waals surface area contributed by atoms with Gasteiger partial charge in [0.05, 0.1) is 0 Å². The molecule has 4 heterocycles. The maximum absolute atomic E-state index is 12.8. The molecule has 0 N–H and O–H groups in total. The molecule has 1 aliphatic heterocycles. The van der Waals surface area contributed by atoms with E-state index in [-0.39, 0.29) is 11.8 Å². The quantitative estimate of drug-likeness (QED) is 0.541. The lowest BCUT2D eigenvalue weighted by molar-refractivity contribution is 0.0790. The molecule has 6 nitrogen and oxygen atoms in total. The molecule has 0 saturated carbocycles. The summed E-state index contributed by atoms with van der Waals surface area (Å²) in [7, 11) is 0. The van der Waals surface area contributed by atoms with Crippen molar-refractivity contribution in [2.24, 2.45) is 0 Å². The van der Waals surface area contributed by atoms with Crippen molar-refractivity contribution in [3.63, 3.8) is 0 Å². The van der Waals surface area contributed by atoms with Gasteiger partial charge in [0.25, 0.3) is 5.91 Å². The maximum Gasteiger partial charge on any atom is 0.253 e. The molecule has 1 aromatic carbocycles. The number of hydrogen-bond acceptors (Lipinski definition) is 4. The molecule has 1 aliphatic rings. The SMILES string of the molecule is Cc1cccc(C(=O)N2CC[C@H](c3nc4ccc(-c5cccnc5)cn4n3)C2)c1. The number of benzene rings is 1. The number of aryl methyl sites for hydroxylation is 1. The zero-order chi connectivity index (χ0) is 19.8. The van der Waals surface area contributed by atoms with Gasteiger partial charge in [-0.25, -0.2) is 9.50 Å². The van der Waals surface area contributed by atoms with Gasteiger partial charge in [-0.15, -0.1) is 0 Å². The summed E-state index contributed by atoms with van der Waals surface area (Å²) < 4.78 is 1.82. The Morgan fingerprint density at radius 3 is 2.86 bits per heavy atom. The summed E-state index contributed by atoms with van der Waals surface area (Å²) in [5, 5.41) is 4.71. The predicted molar refractivity (Wildman–Crippen MR) is 111 cm³/mol. The van der Waals surface area contributed by atoms with Gasteiger partial charge in [-0.1, -0.05) is 23.8 Å². The third-order valence-electron chi connectivity index (χ3n) is 5.45. The van der Waals surface area contributed by atoms with E-state index in [4.69, 9.17) is 10.1 Å². The summed E-state index contributed by atoms with van der Waals surface area (Å²) in [5.74, 6) is 1.04. The fourth-order valence-electron chi connectivity index (χ4n) is 3.89. The molecule has 4 aromatic rings. The first-order chi connectivity index (χ1) is 14.2. The van der Waals surface area contributed by atoms with Gasteiger partial charge in [0.15, 0.2) is 11.5 Å². The highest BCUT2D eigenvalue weighted by Gasteiger charge is 2.30. The van der Waals surface area contributed by atoms with Crippen LogP contribution in [0, 0.1) is 6.92 Å². The number of fused-ring (bicyclic) bond motifs is 1. The largest absolute Gasteiger partial charge is 0.338 e. The molecule has 6 heteroatoms. The average Bonchev–Trinajstić information content (AvgIpc) is 3.40. The molecular weight excluding hydrogens is 362 g/mol. The van der Waals surface area contributed by atoms with Crippen molar-refractivity contribution < 1.29 is 4.79 Å². The Labute approximate surface area is 168 Å². The zero-order valence-corrected chi connectivity index (χ0v) is 16.2. The van der Waals surface area contributed by atoms with Gasteiger partial charge in [-0.05, 0) is 43.7 Å². The summed E-state index contributed by atoms with van der Waals surface area (Å²) >= 11 is 0. The first kappa shape index (κ1) is 17.6. The highest BCUT2D eigenvalue weighted by atomic mass is 16.2. The normalized spacial score (nSPS) is 16.4. The van der Waals surface area contributed by atoms with Crippen LogP contribution in [0.1, 0.15) is 34.1 Å². The van der Waals surface area contributed by atoms with Crippen molar-refractivity contribution in [1.29, 1.82) is 0 Å². The number of carbonyl (C=O) groups is 1. The van der Waals surface area contributed by atoms with Crippen molar-refractivity contribution in [3.8, 4) is 11.1 Å². The van der Waals surface area contributed by atoms with Crippen molar-refractivity contribution >= 4 is 11.6 Å². The Morgan fingerprint density at radius 1 is 1.10 bits per heavy atom. The van der Waals surface area contributed by atoms with Crippen LogP contribution in [0.3, 0.4) is 0 Å². The zero-order valence-electron chi connectivity index (χ0n) is 16.2. The highest BCUT2D eigenvalue weighted by Crippen LogP contribution is 2.27. The average molecular weight is 383 g/mol. The second kappa shape index (κ2) is 7.13. The molecule has 3 aromatic heterocycles. The first-order valence-corrected chi connectivity index (χ1v) is 9.80. The second-order valence-corrected chi connectivity index (χ2v) is 7.54. The number of carbonyl (C=O) groups excluding carboxylic acids is 1. The summed E-state index contributed by atoms with van der Waals surface area (Å²) in [6, 6.07) is 15.7. The Kier molecular flexibility index (Phi) is 4.31. The van der Waals surface area contributed by atoms with Crippen LogP contribution in [-0.2, 0) is 0 Å².